The maximum atomic E-state index is 4.49. The highest BCUT2D eigenvalue weighted by Crippen LogP contribution is 2.39. The Labute approximate surface area is 104 Å². The molecule has 1 saturated carbocycles. The van der Waals surface area contributed by atoms with Crippen LogP contribution in [0.2, 0.25) is 0 Å². The first-order valence-corrected chi connectivity index (χ1v) is 6.64. The van der Waals surface area contributed by atoms with Gasteiger partial charge in [-0.3, -0.25) is 4.68 Å². The number of nitrogens with zero attached hydrogens (tertiary/aromatic N) is 4. The van der Waals surface area contributed by atoms with Crippen LogP contribution < -0.4 is 5.32 Å². The molecular weight excluding hydrogens is 234 g/mol. The summed E-state index contributed by atoms with van der Waals surface area (Å²) in [5.74, 6) is 1.66. The van der Waals surface area contributed by atoms with Crippen molar-refractivity contribution < 1.29 is 0 Å². The van der Waals surface area contributed by atoms with Crippen molar-refractivity contribution in [1.82, 2.24) is 19.1 Å². The smallest absolute Gasteiger partial charge is 0.202 e. The molecule has 0 amide bonds. The van der Waals surface area contributed by atoms with E-state index in [9.17, 15) is 0 Å². The van der Waals surface area contributed by atoms with E-state index in [1.165, 1.54) is 30.1 Å². The fraction of sp³-hybridized carbons (Fsp3) is 0.545. The number of anilines is 1. The maximum absolute atomic E-state index is 4.49. The number of rotatable bonds is 5. The summed E-state index contributed by atoms with van der Waals surface area (Å²) in [7, 11) is 1.96. The molecule has 1 N–H and O–H groups in total. The molecule has 0 aromatic carbocycles. The van der Waals surface area contributed by atoms with Gasteiger partial charge in [0.05, 0.1) is 0 Å². The first-order valence-electron chi connectivity index (χ1n) is 5.87. The van der Waals surface area contributed by atoms with Gasteiger partial charge >= 0.3 is 0 Å². The summed E-state index contributed by atoms with van der Waals surface area (Å²) in [6.45, 7) is 0.874. The topological polar surface area (TPSA) is 55.6 Å². The van der Waals surface area contributed by atoms with Crippen LogP contribution in [0, 0.1) is 0 Å². The molecule has 0 saturated heterocycles. The molecule has 17 heavy (non-hydrogen) atoms. The first kappa shape index (κ1) is 10.7. The first-order chi connectivity index (χ1) is 8.33. The van der Waals surface area contributed by atoms with Crippen molar-refractivity contribution in [3.8, 4) is 0 Å². The summed E-state index contributed by atoms with van der Waals surface area (Å²) in [6, 6.07) is 2.04. The lowest BCUT2D eigenvalue weighted by atomic mass is 10.3. The normalized spacial score (nSPS) is 15.1. The van der Waals surface area contributed by atoms with Gasteiger partial charge in [-0.25, -0.2) is 4.98 Å². The molecule has 90 valence electrons. The van der Waals surface area contributed by atoms with E-state index in [0.717, 1.165) is 23.9 Å². The Morgan fingerprint density at radius 3 is 3.12 bits per heavy atom. The fourth-order valence-corrected chi connectivity index (χ4v) is 2.43. The van der Waals surface area contributed by atoms with Crippen LogP contribution in [0.25, 0.3) is 0 Å². The zero-order valence-electron chi connectivity index (χ0n) is 9.76. The number of aryl methyl sites for hydroxylation is 1. The number of aromatic nitrogens is 4. The molecular formula is C11H15N5S. The largest absolute Gasteiger partial charge is 0.360 e. The van der Waals surface area contributed by atoms with Gasteiger partial charge in [-0.1, -0.05) is 0 Å². The van der Waals surface area contributed by atoms with Crippen LogP contribution in [0.15, 0.2) is 12.3 Å². The summed E-state index contributed by atoms with van der Waals surface area (Å²) >= 11 is 1.46. The van der Waals surface area contributed by atoms with Gasteiger partial charge in [0.2, 0.25) is 5.13 Å². The van der Waals surface area contributed by atoms with E-state index in [0.29, 0.717) is 5.92 Å². The Balaban J connectivity index is 1.51. The van der Waals surface area contributed by atoms with Gasteiger partial charge in [0.15, 0.2) is 0 Å². The lowest BCUT2D eigenvalue weighted by molar-refractivity contribution is 0.711. The monoisotopic (exact) mass is 249 g/mol. The van der Waals surface area contributed by atoms with Crippen molar-refractivity contribution in [2.24, 2.45) is 7.05 Å². The third kappa shape index (κ3) is 2.46. The molecule has 0 unspecified atom stereocenters. The van der Waals surface area contributed by atoms with E-state index < -0.39 is 0 Å². The number of hydrogen-bond donors (Lipinski definition) is 1. The second-order valence-corrected chi connectivity index (χ2v) is 5.11. The van der Waals surface area contributed by atoms with Crippen molar-refractivity contribution in [3.05, 3.63) is 23.8 Å². The Morgan fingerprint density at radius 1 is 1.53 bits per heavy atom. The molecule has 3 rings (SSSR count). The van der Waals surface area contributed by atoms with Gasteiger partial charge in [-0.2, -0.15) is 9.47 Å². The molecule has 0 atom stereocenters. The summed E-state index contributed by atoms with van der Waals surface area (Å²) in [6.07, 6.45) is 5.29. The zero-order valence-corrected chi connectivity index (χ0v) is 10.6. The Bertz CT molecular complexity index is 499. The summed E-state index contributed by atoms with van der Waals surface area (Å²) < 4.78 is 6.26. The lowest BCUT2D eigenvalue weighted by Gasteiger charge is -2.02. The molecule has 1 aliphatic rings. The second kappa shape index (κ2) is 4.44. The van der Waals surface area contributed by atoms with Gasteiger partial charge < -0.3 is 5.32 Å². The van der Waals surface area contributed by atoms with Crippen LogP contribution >= 0.6 is 11.5 Å². The third-order valence-corrected chi connectivity index (χ3v) is 3.65. The highest BCUT2D eigenvalue weighted by atomic mass is 32.1. The quantitative estimate of drug-likeness (QED) is 0.878. The van der Waals surface area contributed by atoms with E-state index in [2.05, 4.69) is 19.8 Å². The molecule has 6 heteroatoms. The summed E-state index contributed by atoms with van der Waals surface area (Å²) in [4.78, 5) is 4.49. The van der Waals surface area contributed by atoms with Crippen LogP contribution in [-0.4, -0.2) is 25.7 Å². The van der Waals surface area contributed by atoms with Crippen molar-refractivity contribution in [3.63, 3.8) is 0 Å². The van der Waals surface area contributed by atoms with E-state index >= 15 is 0 Å². The minimum absolute atomic E-state index is 0.638. The highest BCUT2D eigenvalue weighted by Gasteiger charge is 2.27. The van der Waals surface area contributed by atoms with Gasteiger partial charge in [0, 0.05) is 49.4 Å². The fourth-order valence-electron chi connectivity index (χ4n) is 1.76. The van der Waals surface area contributed by atoms with Crippen LogP contribution in [0.3, 0.4) is 0 Å². The van der Waals surface area contributed by atoms with E-state index in [-0.39, 0.29) is 0 Å². The van der Waals surface area contributed by atoms with Crippen LogP contribution in [0.1, 0.15) is 30.3 Å². The van der Waals surface area contributed by atoms with Gasteiger partial charge in [-0.05, 0) is 18.9 Å². The average Bonchev–Trinajstić information content (AvgIpc) is 2.94. The van der Waals surface area contributed by atoms with Crippen molar-refractivity contribution in [2.75, 3.05) is 11.9 Å². The lowest BCUT2D eigenvalue weighted by Crippen LogP contribution is -2.08. The number of hydrogen-bond acceptors (Lipinski definition) is 5. The van der Waals surface area contributed by atoms with Crippen molar-refractivity contribution >= 4 is 16.7 Å². The summed E-state index contributed by atoms with van der Waals surface area (Å²) in [5.41, 5.74) is 1.23. The molecule has 0 bridgehead atoms. The highest BCUT2D eigenvalue weighted by molar-refractivity contribution is 7.09. The average molecular weight is 249 g/mol. The molecule has 0 radical (unpaired) electrons. The van der Waals surface area contributed by atoms with E-state index in [4.69, 9.17) is 0 Å². The molecule has 0 aliphatic heterocycles. The number of nitrogens with one attached hydrogen (secondary N) is 1. The van der Waals surface area contributed by atoms with E-state index in [1.54, 1.807) is 0 Å². The maximum Gasteiger partial charge on any atom is 0.202 e. The Morgan fingerprint density at radius 2 is 2.41 bits per heavy atom. The van der Waals surface area contributed by atoms with Gasteiger partial charge in [-0.15, -0.1) is 0 Å². The SMILES string of the molecule is Cn1nccc1CCNc1nc(C2CC2)ns1. The van der Waals surface area contributed by atoms with E-state index in [1.807, 2.05) is 24.0 Å². The zero-order chi connectivity index (χ0) is 11.7. The van der Waals surface area contributed by atoms with Crippen molar-refractivity contribution in [2.45, 2.75) is 25.2 Å². The van der Waals surface area contributed by atoms with Crippen molar-refractivity contribution in [1.29, 1.82) is 0 Å². The minimum atomic E-state index is 0.638. The molecule has 1 aliphatic carbocycles. The predicted octanol–water partition coefficient (Wildman–Crippen LogP) is 1.80. The second-order valence-electron chi connectivity index (χ2n) is 4.35. The van der Waals surface area contributed by atoms with Crippen LogP contribution in [0.5, 0.6) is 0 Å². The standard InChI is InChI=1S/C11H15N5S/c1-16-9(5-7-13-16)4-6-12-11-14-10(15-17-11)8-2-3-8/h5,7-8H,2-4,6H2,1H3,(H,12,14,15). The predicted molar refractivity (Wildman–Crippen MR) is 67.3 cm³/mol. The minimum Gasteiger partial charge on any atom is -0.360 e. The Kier molecular flexibility index (Phi) is 2.80. The molecule has 0 spiro atoms. The van der Waals surface area contributed by atoms with Crippen LogP contribution in [0.4, 0.5) is 5.13 Å². The molecule has 5 nitrogen and oxygen atoms in total. The van der Waals surface area contributed by atoms with Crippen LogP contribution in [-0.2, 0) is 13.5 Å². The molecule has 2 aromatic heterocycles. The summed E-state index contributed by atoms with van der Waals surface area (Å²) in [5, 5.41) is 8.40. The third-order valence-electron chi connectivity index (χ3n) is 2.96. The Hall–Kier alpha value is -1.43. The van der Waals surface area contributed by atoms with Gasteiger partial charge in [0.25, 0.3) is 0 Å². The molecule has 2 heterocycles. The van der Waals surface area contributed by atoms with Gasteiger partial charge in [0.1, 0.15) is 5.82 Å². The molecule has 1 fully saturated rings. The molecule has 2 aromatic rings.